The van der Waals surface area contributed by atoms with Crippen molar-refractivity contribution in [2.75, 3.05) is 0 Å². The molecule has 0 bridgehead atoms. The van der Waals surface area contributed by atoms with Gasteiger partial charge in [0.1, 0.15) is 0 Å². The van der Waals surface area contributed by atoms with E-state index in [1.54, 1.807) is 0 Å². The Morgan fingerprint density at radius 2 is 1.67 bits per heavy atom. The topological polar surface area (TPSA) is 20.2 Å². The fourth-order valence-electron chi connectivity index (χ4n) is 2.09. The van der Waals surface area contributed by atoms with Crippen LogP contribution in [0.4, 0.5) is 0 Å². The highest BCUT2D eigenvalue weighted by Crippen LogP contribution is 2.22. The smallest absolute Gasteiger partial charge is 0.0545 e. The van der Waals surface area contributed by atoms with Crippen molar-refractivity contribution >= 4 is 0 Å². The van der Waals surface area contributed by atoms with Crippen molar-refractivity contribution < 1.29 is 5.11 Å². The molecule has 0 aliphatic rings. The van der Waals surface area contributed by atoms with Crippen LogP contribution in [0.2, 0.25) is 0 Å². The molecule has 1 nitrogen and oxygen atoms in total. The summed E-state index contributed by atoms with van der Waals surface area (Å²) < 4.78 is 0. The van der Waals surface area contributed by atoms with Crippen molar-refractivity contribution in [2.45, 2.75) is 78.7 Å². The van der Waals surface area contributed by atoms with Crippen LogP contribution < -0.4 is 0 Å². The summed E-state index contributed by atoms with van der Waals surface area (Å²) in [5.41, 5.74) is 0. The first-order chi connectivity index (χ1) is 7.13. The van der Waals surface area contributed by atoms with Crippen molar-refractivity contribution in [3.63, 3.8) is 0 Å². The van der Waals surface area contributed by atoms with E-state index >= 15 is 0 Å². The third kappa shape index (κ3) is 7.84. The molecule has 0 aromatic heterocycles. The minimum atomic E-state index is -0.0678. The Labute approximate surface area is 96.3 Å². The molecule has 15 heavy (non-hydrogen) atoms. The summed E-state index contributed by atoms with van der Waals surface area (Å²) in [6, 6.07) is 0. The van der Waals surface area contributed by atoms with E-state index in [4.69, 9.17) is 0 Å². The summed E-state index contributed by atoms with van der Waals surface area (Å²) in [7, 11) is 0. The maximum atomic E-state index is 9.95. The first-order valence-electron chi connectivity index (χ1n) is 6.81. The summed E-state index contributed by atoms with van der Waals surface area (Å²) in [5, 5.41) is 9.95. The molecule has 1 heteroatoms. The molecule has 1 N–H and O–H groups in total. The van der Waals surface area contributed by atoms with Crippen LogP contribution in [-0.2, 0) is 0 Å². The van der Waals surface area contributed by atoms with Gasteiger partial charge in [-0.25, -0.2) is 0 Å². The normalized spacial score (nSPS) is 17.4. The van der Waals surface area contributed by atoms with Gasteiger partial charge in [-0.3, -0.25) is 0 Å². The van der Waals surface area contributed by atoms with Gasteiger partial charge in [-0.2, -0.15) is 0 Å². The molecule has 0 heterocycles. The molecular weight excluding hydrogens is 184 g/mol. The van der Waals surface area contributed by atoms with Gasteiger partial charge in [0.2, 0.25) is 0 Å². The maximum Gasteiger partial charge on any atom is 0.0545 e. The minimum Gasteiger partial charge on any atom is -0.393 e. The molecule has 0 saturated carbocycles. The number of hydrogen-bond donors (Lipinski definition) is 1. The highest BCUT2D eigenvalue weighted by molar-refractivity contribution is 4.66. The second kappa shape index (κ2) is 9.21. The largest absolute Gasteiger partial charge is 0.393 e. The molecule has 0 amide bonds. The van der Waals surface area contributed by atoms with Crippen LogP contribution in [0.1, 0.15) is 72.6 Å². The van der Waals surface area contributed by atoms with Gasteiger partial charge >= 0.3 is 0 Å². The van der Waals surface area contributed by atoms with E-state index in [0.717, 1.165) is 18.8 Å². The minimum absolute atomic E-state index is 0.0678. The lowest BCUT2D eigenvalue weighted by Gasteiger charge is -2.20. The molecule has 3 atom stereocenters. The van der Waals surface area contributed by atoms with Gasteiger partial charge in [0.15, 0.2) is 0 Å². The summed E-state index contributed by atoms with van der Waals surface area (Å²) >= 11 is 0. The van der Waals surface area contributed by atoms with Gasteiger partial charge < -0.3 is 5.11 Å². The van der Waals surface area contributed by atoms with Crippen LogP contribution in [0, 0.1) is 11.8 Å². The SMILES string of the molecule is CCCCC(CC)CC(O)CC(C)CC. The van der Waals surface area contributed by atoms with Crippen molar-refractivity contribution in [1.29, 1.82) is 0 Å². The number of aliphatic hydroxyl groups excluding tert-OH is 1. The Morgan fingerprint density at radius 3 is 2.13 bits per heavy atom. The predicted octanol–water partition coefficient (Wildman–Crippen LogP) is 4.39. The van der Waals surface area contributed by atoms with Gasteiger partial charge in [0.25, 0.3) is 0 Å². The molecule has 3 unspecified atom stereocenters. The zero-order chi connectivity index (χ0) is 11.7. The Kier molecular flexibility index (Phi) is 9.18. The molecule has 0 aromatic carbocycles. The number of aliphatic hydroxyl groups is 1. The number of rotatable bonds is 9. The molecule has 0 spiro atoms. The Balaban J connectivity index is 3.74. The molecule has 0 aliphatic carbocycles. The highest BCUT2D eigenvalue weighted by atomic mass is 16.3. The van der Waals surface area contributed by atoms with Crippen LogP contribution in [-0.4, -0.2) is 11.2 Å². The van der Waals surface area contributed by atoms with E-state index in [1.165, 1.54) is 32.1 Å². The monoisotopic (exact) mass is 214 g/mol. The van der Waals surface area contributed by atoms with E-state index in [2.05, 4.69) is 27.7 Å². The maximum absolute atomic E-state index is 9.95. The van der Waals surface area contributed by atoms with Crippen LogP contribution in [0.3, 0.4) is 0 Å². The summed E-state index contributed by atoms with van der Waals surface area (Å²) in [4.78, 5) is 0. The standard InChI is InChI=1S/C14H30O/c1-5-8-9-13(7-3)11-14(15)10-12(4)6-2/h12-15H,5-11H2,1-4H3. The predicted molar refractivity (Wildman–Crippen MR) is 68.0 cm³/mol. The van der Waals surface area contributed by atoms with Gasteiger partial charge in [0.05, 0.1) is 6.10 Å². The van der Waals surface area contributed by atoms with Crippen LogP contribution in [0.15, 0.2) is 0 Å². The fraction of sp³-hybridized carbons (Fsp3) is 1.00. The second-order valence-electron chi connectivity index (χ2n) is 5.06. The van der Waals surface area contributed by atoms with Crippen molar-refractivity contribution in [2.24, 2.45) is 11.8 Å². The molecule has 0 rings (SSSR count). The lowest BCUT2D eigenvalue weighted by Crippen LogP contribution is -2.16. The van der Waals surface area contributed by atoms with Gasteiger partial charge in [-0.05, 0) is 24.7 Å². The third-order valence-corrected chi connectivity index (χ3v) is 3.52. The molecule has 0 saturated heterocycles. The van der Waals surface area contributed by atoms with E-state index < -0.39 is 0 Å². The lowest BCUT2D eigenvalue weighted by molar-refractivity contribution is 0.112. The zero-order valence-corrected chi connectivity index (χ0v) is 11.1. The van der Waals surface area contributed by atoms with Crippen LogP contribution >= 0.6 is 0 Å². The molecular formula is C14H30O. The van der Waals surface area contributed by atoms with Crippen molar-refractivity contribution in [1.82, 2.24) is 0 Å². The van der Waals surface area contributed by atoms with Gasteiger partial charge in [0, 0.05) is 0 Å². The molecule has 0 aromatic rings. The Morgan fingerprint density at radius 1 is 1.00 bits per heavy atom. The first kappa shape index (κ1) is 15.0. The zero-order valence-electron chi connectivity index (χ0n) is 11.1. The third-order valence-electron chi connectivity index (χ3n) is 3.52. The fourth-order valence-corrected chi connectivity index (χ4v) is 2.09. The average Bonchev–Trinajstić information content (AvgIpc) is 2.23. The van der Waals surface area contributed by atoms with Crippen LogP contribution in [0.25, 0.3) is 0 Å². The Hall–Kier alpha value is -0.0400. The Bertz CT molecular complexity index is 133. The lowest BCUT2D eigenvalue weighted by atomic mass is 9.89. The second-order valence-corrected chi connectivity index (χ2v) is 5.06. The molecule has 0 fully saturated rings. The quantitative estimate of drug-likeness (QED) is 0.603. The first-order valence-corrected chi connectivity index (χ1v) is 6.81. The number of hydrogen-bond acceptors (Lipinski definition) is 1. The van der Waals surface area contributed by atoms with Gasteiger partial charge in [-0.1, -0.05) is 59.8 Å². The summed E-state index contributed by atoms with van der Waals surface area (Å²) in [6.07, 6.45) is 8.22. The van der Waals surface area contributed by atoms with E-state index in [-0.39, 0.29) is 6.10 Å². The number of unbranched alkanes of at least 4 members (excludes halogenated alkanes) is 1. The molecule has 0 radical (unpaired) electrons. The van der Waals surface area contributed by atoms with Crippen molar-refractivity contribution in [3.8, 4) is 0 Å². The summed E-state index contributed by atoms with van der Waals surface area (Å²) in [5.74, 6) is 1.41. The molecule has 0 aliphatic heterocycles. The summed E-state index contributed by atoms with van der Waals surface area (Å²) in [6.45, 7) is 8.92. The van der Waals surface area contributed by atoms with Gasteiger partial charge in [-0.15, -0.1) is 0 Å². The highest BCUT2D eigenvalue weighted by Gasteiger charge is 2.14. The van der Waals surface area contributed by atoms with E-state index in [0.29, 0.717) is 5.92 Å². The van der Waals surface area contributed by atoms with E-state index in [1.807, 2.05) is 0 Å². The average molecular weight is 214 g/mol. The van der Waals surface area contributed by atoms with E-state index in [9.17, 15) is 5.11 Å². The van der Waals surface area contributed by atoms with Crippen molar-refractivity contribution in [3.05, 3.63) is 0 Å². The molecule has 92 valence electrons. The van der Waals surface area contributed by atoms with Crippen LogP contribution in [0.5, 0.6) is 0 Å².